The summed E-state index contributed by atoms with van der Waals surface area (Å²) in [6.07, 6.45) is 0. The van der Waals surface area contributed by atoms with Crippen molar-refractivity contribution in [2.24, 2.45) is 0 Å². The molecule has 0 radical (unpaired) electrons. The highest BCUT2D eigenvalue weighted by molar-refractivity contribution is 7.11. The molecule has 0 spiro atoms. The second-order valence-electron chi connectivity index (χ2n) is 4.91. The molecule has 1 aliphatic heterocycles. The first-order valence-electron chi connectivity index (χ1n) is 6.84. The second-order valence-corrected chi connectivity index (χ2v) is 5.68. The SMILES string of the molecule is Cc1ccc(Nc2snc(NN3CCOCC3)c2O)cc1. The molecule has 0 atom stereocenters. The molecule has 0 bridgehead atoms. The summed E-state index contributed by atoms with van der Waals surface area (Å²) in [5.41, 5.74) is 5.25. The number of hydrogen-bond donors (Lipinski definition) is 3. The molecule has 1 fully saturated rings. The van der Waals surface area contributed by atoms with Crippen LogP contribution in [0.4, 0.5) is 16.5 Å². The van der Waals surface area contributed by atoms with E-state index in [9.17, 15) is 5.11 Å². The van der Waals surface area contributed by atoms with Crippen molar-refractivity contribution in [3.05, 3.63) is 29.8 Å². The van der Waals surface area contributed by atoms with Gasteiger partial charge in [0.2, 0.25) is 0 Å². The van der Waals surface area contributed by atoms with Crippen molar-refractivity contribution in [2.45, 2.75) is 6.92 Å². The van der Waals surface area contributed by atoms with Gasteiger partial charge >= 0.3 is 0 Å². The zero-order chi connectivity index (χ0) is 14.7. The van der Waals surface area contributed by atoms with E-state index in [1.54, 1.807) is 0 Å². The van der Waals surface area contributed by atoms with Crippen LogP contribution in [0.3, 0.4) is 0 Å². The molecule has 2 aromatic rings. The predicted molar refractivity (Wildman–Crippen MR) is 84.3 cm³/mol. The molecule has 6 nitrogen and oxygen atoms in total. The van der Waals surface area contributed by atoms with Crippen LogP contribution in [0.5, 0.6) is 5.75 Å². The van der Waals surface area contributed by atoms with Gasteiger partial charge in [0.1, 0.15) is 0 Å². The van der Waals surface area contributed by atoms with E-state index < -0.39 is 0 Å². The molecule has 1 aromatic carbocycles. The fraction of sp³-hybridized carbons (Fsp3) is 0.357. The largest absolute Gasteiger partial charge is 0.502 e. The Labute approximate surface area is 127 Å². The molecule has 112 valence electrons. The first-order chi connectivity index (χ1) is 10.2. The molecule has 1 saturated heterocycles. The number of morpholine rings is 1. The van der Waals surface area contributed by atoms with Crippen LogP contribution >= 0.6 is 11.5 Å². The van der Waals surface area contributed by atoms with Gasteiger partial charge in [0.15, 0.2) is 16.6 Å². The topological polar surface area (TPSA) is 69.7 Å². The van der Waals surface area contributed by atoms with E-state index in [0.29, 0.717) is 24.0 Å². The van der Waals surface area contributed by atoms with Crippen LogP contribution in [0.1, 0.15) is 5.56 Å². The van der Waals surface area contributed by atoms with Gasteiger partial charge in [-0.25, -0.2) is 5.01 Å². The van der Waals surface area contributed by atoms with Crippen LogP contribution in [0.15, 0.2) is 24.3 Å². The lowest BCUT2D eigenvalue weighted by Crippen LogP contribution is -2.40. The number of anilines is 3. The third-order valence-corrected chi connectivity index (χ3v) is 4.00. The van der Waals surface area contributed by atoms with E-state index in [4.69, 9.17) is 4.74 Å². The van der Waals surface area contributed by atoms with Crippen LogP contribution < -0.4 is 10.7 Å². The standard InChI is InChI=1S/C14H18N4O2S/c1-10-2-4-11(5-3-10)15-14-12(19)13(17-21-14)16-18-6-8-20-9-7-18/h2-5,15,19H,6-9H2,1H3,(H,16,17). The zero-order valence-electron chi connectivity index (χ0n) is 11.8. The molecule has 1 aromatic heterocycles. The van der Waals surface area contributed by atoms with Gasteiger partial charge in [0.05, 0.1) is 13.2 Å². The monoisotopic (exact) mass is 306 g/mol. The number of nitrogens with zero attached hydrogens (tertiary/aromatic N) is 2. The van der Waals surface area contributed by atoms with Crippen LogP contribution in [0.25, 0.3) is 0 Å². The highest BCUT2D eigenvalue weighted by Gasteiger charge is 2.17. The highest BCUT2D eigenvalue weighted by atomic mass is 32.1. The molecule has 0 amide bonds. The van der Waals surface area contributed by atoms with Crippen LogP contribution in [0.2, 0.25) is 0 Å². The fourth-order valence-electron chi connectivity index (χ4n) is 2.03. The molecule has 0 saturated carbocycles. The molecule has 1 aliphatic rings. The number of aryl methyl sites for hydroxylation is 1. The molecule has 0 aliphatic carbocycles. The van der Waals surface area contributed by atoms with Crippen molar-refractivity contribution >= 4 is 28.0 Å². The number of benzene rings is 1. The van der Waals surface area contributed by atoms with Gasteiger partial charge in [-0.1, -0.05) is 17.7 Å². The third kappa shape index (κ3) is 3.44. The Hall–Kier alpha value is -1.83. The summed E-state index contributed by atoms with van der Waals surface area (Å²) in [5, 5.41) is 16.0. The number of aromatic hydroxyl groups is 1. The highest BCUT2D eigenvalue weighted by Crippen LogP contribution is 2.37. The third-order valence-electron chi connectivity index (χ3n) is 3.25. The van der Waals surface area contributed by atoms with E-state index in [1.165, 1.54) is 17.1 Å². The molecule has 3 rings (SSSR count). The maximum absolute atomic E-state index is 10.2. The molecule has 2 heterocycles. The second kappa shape index (κ2) is 6.30. The van der Waals surface area contributed by atoms with Gasteiger partial charge in [-0.2, -0.15) is 4.37 Å². The van der Waals surface area contributed by atoms with Crippen LogP contribution in [0, 0.1) is 6.92 Å². The van der Waals surface area contributed by atoms with Gasteiger partial charge in [-0.05, 0) is 30.6 Å². The summed E-state index contributed by atoms with van der Waals surface area (Å²) in [4.78, 5) is 0. The Kier molecular flexibility index (Phi) is 4.23. The van der Waals surface area contributed by atoms with Crippen molar-refractivity contribution in [3.63, 3.8) is 0 Å². The molecular formula is C14H18N4O2S. The quantitative estimate of drug-likeness (QED) is 0.806. The summed E-state index contributed by atoms with van der Waals surface area (Å²) in [6.45, 7) is 4.96. The Morgan fingerprint density at radius 3 is 2.67 bits per heavy atom. The Balaban J connectivity index is 1.68. The first-order valence-corrected chi connectivity index (χ1v) is 7.61. The number of hydrazine groups is 1. The lowest BCUT2D eigenvalue weighted by Gasteiger charge is -2.26. The lowest BCUT2D eigenvalue weighted by molar-refractivity contribution is 0.0494. The molecule has 21 heavy (non-hydrogen) atoms. The van der Waals surface area contributed by atoms with E-state index in [0.717, 1.165) is 18.8 Å². The first kappa shape index (κ1) is 14.1. The van der Waals surface area contributed by atoms with E-state index in [2.05, 4.69) is 15.1 Å². The Morgan fingerprint density at radius 1 is 1.24 bits per heavy atom. The maximum Gasteiger partial charge on any atom is 0.198 e. The van der Waals surface area contributed by atoms with Crippen LogP contribution in [-0.2, 0) is 4.74 Å². The Bertz CT molecular complexity index is 594. The average molecular weight is 306 g/mol. The fourth-order valence-corrected chi connectivity index (χ4v) is 2.69. The van der Waals surface area contributed by atoms with E-state index >= 15 is 0 Å². The number of rotatable bonds is 4. The summed E-state index contributed by atoms with van der Waals surface area (Å²) < 4.78 is 9.55. The van der Waals surface area contributed by atoms with Crippen molar-refractivity contribution in [1.29, 1.82) is 0 Å². The summed E-state index contributed by atoms with van der Waals surface area (Å²) in [5.74, 6) is 0.628. The summed E-state index contributed by atoms with van der Waals surface area (Å²) >= 11 is 1.23. The van der Waals surface area contributed by atoms with Crippen molar-refractivity contribution in [1.82, 2.24) is 9.38 Å². The number of ether oxygens (including phenoxy) is 1. The smallest absolute Gasteiger partial charge is 0.198 e. The summed E-state index contributed by atoms with van der Waals surface area (Å²) in [7, 11) is 0. The van der Waals surface area contributed by atoms with Crippen LogP contribution in [-0.4, -0.2) is 40.8 Å². The van der Waals surface area contributed by atoms with Gasteiger partial charge in [0, 0.05) is 18.8 Å². The molecule has 0 unspecified atom stereocenters. The molecular weight excluding hydrogens is 288 g/mol. The average Bonchev–Trinajstić information content (AvgIpc) is 2.84. The van der Waals surface area contributed by atoms with Crippen molar-refractivity contribution in [2.75, 3.05) is 37.0 Å². The lowest BCUT2D eigenvalue weighted by atomic mass is 10.2. The number of hydrogen-bond acceptors (Lipinski definition) is 7. The normalized spacial score (nSPS) is 15.9. The van der Waals surface area contributed by atoms with Gasteiger partial charge < -0.3 is 15.2 Å². The predicted octanol–water partition coefficient (Wildman–Crippen LogP) is 2.56. The minimum atomic E-state index is 0.145. The maximum atomic E-state index is 10.2. The van der Waals surface area contributed by atoms with Gasteiger partial charge in [-0.3, -0.25) is 5.43 Å². The van der Waals surface area contributed by atoms with E-state index in [-0.39, 0.29) is 5.75 Å². The minimum Gasteiger partial charge on any atom is -0.502 e. The van der Waals surface area contributed by atoms with Crippen molar-refractivity contribution in [3.8, 4) is 5.75 Å². The summed E-state index contributed by atoms with van der Waals surface area (Å²) in [6, 6.07) is 7.99. The Morgan fingerprint density at radius 2 is 1.95 bits per heavy atom. The molecule has 3 N–H and O–H groups in total. The number of aromatic nitrogens is 1. The number of nitrogens with one attached hydrogen (secondary N) is 2. The molecule has 7 heteroatoms. The minimum absolute atomic E-state index is 0.145. The van der Waals surface area contributed by atoms with Gasteiger partial charge in [-0.15, -0.1) is 0 Å². The zero-order valence-corrected chi connectivity index (χ0v) is 12.6. The van der Waals surface area contributed by atoms with Crippen molar-refractivity contribution < 1.29 is 9.84 Å². The van der Waals surface area contributed by atoms with E-state index in [1.807, 2.05) is 36.2 Å². The van der Waals surface area contributed by atoms with Gasteiger partial charge in [0.25, 0.3) is 0 Å².